The molecule has 130 valence electrons. The predicted molar refractivity (Wildman–Crippen MR) is 95.2 cm³/mol. The maximum atomic E-state index is 9.67. The van der Waals surface area contributed by atoms with E-state index in [1.807, 2.05) is 12.1 Å². The molecule has 3 rings (SSSR count). The quantitative estimate of drug-likeness (QED) is 0.519. The Morgan fingerprint density at radius 1 is 0.640 bits per heavy atom. The second-order valence-corrected chi connectivity index (χ2v) is 6.88. The van der Waals surface area contributed by atoms with E-state index >= 15 is 0 Å². The molecule has 0 saturated heterocycles. The first-order chi connectivity index (χ1) is 12.1. The number of benzene rings is 3. The molecule has 0 fully saturated rings. The molecule has 0 N–H and O–H groups in total. The summed E-state index contributed by atoms with van der Waals surface area (Å²) in [6, 6.07) is 29.7. The van der Waals surface area contributed by atoms with Crippen LogP contribution in [0.1, 0.15) is 0 Å². The molecule has 0 amide bonds. The second kappa shape index (κ2) is 9.79. The van der Waals surface area contributed by atoms with Crippen molar-refractivity contribution in [2.75, 3.05) is 7.11 Å². The van der Waals surface area contributed by atoms with Crippen LogP contribution in [0.15, 0.2) is 99.6 Å². The molecule has 3 aromatic carbocycles. The van der Waals surface area contributed by atoms with Crippen molar-refractivity contribution >= 4 is 10.9 Å². The van der Waals surface area contributed by atoms with Crippen LogP contribution in [-0.2, 0) is 10.9 Å². The monoisotopic (exact) mass is 363 g/mol. The van der Waals surface area contributed by atoms with Crippen LogP contribution in [-0.4, -0.2) is 13.8 Å². The number of methoxy groups -OCH3 is 1. The zero-order chi connectivity index (χ0) is 18.1. The van der Waals surface area contributed by atoms with Gasteiger partial charge in [-0.15, -0.1) is 0 Å². The van der Waals surface area contributed by atoms with Crippen molar-refractivity contribution in [1.82, 2.24) is 0 Å². The van der Waals surface area contributed by atoms with Gasteiger partial charge in [-0.3, -0.25) is 0 Å². The molecule has 0 aliphatic rings. The Balaban J connectivity index is 0.000000511. The van der Waals surface area contributed by atoms with Gasteiger partial charge in [-0.2, -0.15) is 13.2 Å². The zero-order valence-electron chi connectivity index (χ0n) is 13.6. The molecular weight excluding hydrogens is 345 g/mol. The van der Waals surface area contributed by atoms with Gasteiger partial charge in [0.2, 0.25) is 0 Å². The fourth-order valence-corrected chi connectivity index (χ4v) is 4.32. The van der Waals surface area contributed by atoms with Gasteiger partial charge in [-0.1, -0.05) is 36.4 Å². The van der Waals surface area contributed by atoms with E-state index in [0.717, 1.165) is 5.75 Å². The van der Waals surface area contributed by atoms with Crippen molar-refractivity contribution < 1.29 is 17.9 Å². The molecule has 5 heteroatoms. The Morgan fingerprint density at radius 3 is 1.36 bits per heavy atom. The zero-order valence-corrected chi connectivity index (χ0v) is 14.4. The Labute approximate surface area is 148 Å². The lowest BCUT2D eigenvalue weighted by atomic mass is 10.3. The van der Waals surface area contributed by atoms with E-state index in [9.17, 15) is 13.2 Å². The molecule has 0 spiro atoms. The Hall–Kier alpha value is -2.40. The van der Waals surface area contributed by atoms with Gasteiger partial charge in [0.05, 0.1) is 18.0 Å². The average Bonchev–Trinajstić information content (AvgIpc) is 2.64. The second-order valence-electron chi connectivity index (χ2n) is 4.86. The number of alkyl halides is 3. The van der Waals surface area contributed by atoms with E-state index in [-0.39, 0.29) is 10.9 Å². The normalized spacial score (nSPS) is 10.3. The standard InChI is InChI=1S/C19H17OS.CHF3/c1-20-16-12-14-19(15-13-16)21(17-8-4-2-5-9-17)18-10-6-3-7-11-18;2-1(3)4/h2-15H,1H3;1H/q+1;. The molecule has 0 atom stereocenters. The number of hydrogen-bond donors (Lipinski definition) is 0. The summed E-state index contributed by atoms with van der Waals surface area (Å²) in [6.45, 7) is -3.67. The molecule has 3 aromatic rings. The van der Waals surface area contributed by atoms with Gasteiger partial charge < -0.3 is 4.74 Å². The molecule has 1 nitrogen and oxygen atoms in total. The third-order valence-electron chi connectivity index (χ3n) is 3.25. The van der Waals surface area contributed by atoms with Gasteiger partial charge in [-0.25, -0.2) is 0 Å². The minimum absolute atomic E-state index is 0.0804. The van der Waals surface area contributed by atoms with E-state index in [2.05, 4.69) is 72.8 Å². The summed E-state index contributed by atoms with van der Waals surface area (Å²) in [5.74, 6) is 0.892. The smallest absolute Gasteiger partial charge is 0.379 e. The highest BCUT2D eigenvalue weighted by atomic mass is 32.2. The van der Waals surface area contributed by atoms with E-state index in [1.54, 1.807) is 7.11 Å². The summed E-state index contributed by atoms with van der Waals surface area (Å²) in [5, 5.41) is 0. The Kier molecular flexibility index (Phi) is 7.41. The van der Waals surface area contributed by atoms with Gasteiger partial charge in [0.1, 0.15) is 5.75 Å². The van der Waals surface area contributed by atoms with Crippen LogP contribution in [0, 0.1) is 0 Å². The molecule has 0 bridgehead atoms. The largest absolute Gasteiger partial charge is 0.497 e. The molecule has 0 radical (unpaired) electrons. The SMILES string of the molecule is COc1ccc([S+](c2ccccc2)c2ccccc2)cc1.FC(F)F. The van der Waals surface area contributed by atoms with Gasteiger partial charge in [0, 0.05) is 0 Å². The fraction of sp³-hybridized carbons (Fsp3) is 0.100. The number of halogens is 3. The molecule has 0 aliphatic heterocycles. The van der Waals surface area contributed by atoms with Crippen LogP contribution in [0.4, 0.5) is 13.2 Å². The lowest BCUT2D eigenvalue weighted by Crippen LogP contribution is -2.04. The van der Waals surface area contributed by atoms with Gasteiger partial charge in [-0.05, 0) is 48.5 Å². The maximum absolute atomic E-state index is 9.67. The van der Waals surface area contributed by atoms with Crippen LogP contribution in [0.2, 0.25) is 0 Å². The molecule has 25 heavy (non-hydrogen) atoms. The topological polar surface area (TPSA) is 9.23 Å². The Morgan fingerprint density at radius 2 is 1.00 bits per heavy atom. The lowest BCUT2D eigenvalue weighted by molar-refractivity contribution is 0.00819. The molecule has 0 unspecified atom stereocenters. The maximum Gasteiger partial charge on any atom is 0.379 e. The first kappa shape index (κ1) is 18.9. The van der Waals surface area contributed by atoms with Crippen molar-refractivity contribution in [3.8, 4) is 5.75 Å². The van der Waals surface area contributed by atoms with Crippen molar-refractivity contribution in [2.45, 2.75) is 21.4 Å². The first-order valence-electron chi connectivity index (χ1n) is 7.52. The number of rotatable bonds is 4. The fourth-order valence-electron chi connectivity index (χ4n) is 2.23. The first-order valence-corrected chi connectivity index (χ1v) is 8.75. The van der Waals surface area contributed by atoms with Gasteiger partial charge >= 0.3 is 6.68 Å². The van der Waals surface area contributed by atoms with Crippen LogP contribution < -0.4 is 4.74 Å². The third-order valence-corrected chi connectivity index (χ3v) is 5.48. The lowest BCUT2D eigenvalue weighted by Gasteiger charge is -2.08. The summed E-state index contributed by atoms with van der Waals surface area (Å²) >= 11 is 0. The summed E-state index contributed by atoms with van der Waals surface area (Å²) in [4.78, 5) is 3.95. The summed E-state index contributed by atoms with van der Waals surface area (Å²) in [6.07, 6.45) is 0. The molecule has 0 saturated carbocycles. The molecule has 0 aliphatic carbocycles. The third kappa shape index (κ3) is 5.87. The van der Waals surface area contributed by atoms with Crippen molar-refractivity contribution in [3.63, 3.8) is 0 Å². The summed E-state index contributed by atoms with van der Waals surface area (Å²) in [7, 11) is 1.62. The molecular formula is C20H18F3OS+. The van der Waals surface area contributed by atoms with E-state index < -0.39 is 6.68 Å². The van der Waals surface area contributed by atoms with Gasteiger partial charge in [0.15, 0.2) is 14.7 Å². The van der Waals surface area contributed by atoms with Crippen LogP contribution >= 0.6 is 0 Å². The number of hydrogen-bond acceptors (Lipinski definition) is 1. The summed E-state index contributed by atoms with van der Waals surface area (Å²) < 4.78 is 34.3. The van der Waals surface area contributed by atoms with Crippen LogP contribution in [0.3, 0.4) is 0 Å². The predicted octanol–water partition coefficient (Wildman–Crippen LogP) is 5.97. The highest BCUT2D eigenvalue weighted by Gasteiger charge is 2.27. The number of ether oxygens (including phenoxy) is 1. The minimum Gasteiger partial charge on any atom is -0.497 e. The minimum atomic E-state index is -3.67. The van der Waals surface area contributed by atoms with Gasteiger partial charge in [0.25, 0.3) is 0 Å². The van der Waals surface area contributed by atoms with Crippen molar-refractivity contribution in [1.29, 1.82) is 0 Å². The Bertz CT molecular complexity index is 692. The summed E-state index contributed by atoms with van der Waals surface area (Å²) in [5.41, 5.74) is 0. The molecule has 0 aromatic heterocycles. The van der Waals surface area contributed by atoms with Crippen molar-refractivity contribution in [2.24, 2.45) is 0 Å². The van der Waals surface area contributed by atoms with Crippen LogP contribution in [0.5, 0.6) is 5.75 Å². The molecule has 0 heterocycles. The van der Waals surface area contributed by atoms with Crippen LogP contribution in [0.25, 0.3) is 0 Å². The van der Waals surface area contributed by atoms with E-state index in [0.29, 0.717) is 0 Å². The average molecular weight is 363 g/mol. The highest BCUT2D eigenvalue weighted by Crippen LogP contribution is 2.31. The van der Waals surface area contributed by atoms with E-state index in [1.165, 1.54) is 14.7 Å². The van der Waals surface area contributed by atoms with Crippen molar-refractivity contribution in [3.05, 3.63) is 84.9 Å². The van der Waals surface area contributed by atoms with E-state index in [4.69, 9.17) is 4.74 Å². The highest BCUT2D eigenvalue weighted by molar-refractivity contribution is 7.97.